The Labute approximate surface area is 221 Å². The predicted molar refractivity (Wildman–Crippen MR) is 141 cm³/mol. The molecule has 0 radical (unpaired) electrons. The first-order valence-electron chi connectivity index (χ1n) is 12.1. The summed E-state index contributed by atoms with van der Waals surface area (Å²) in [6.45, 7) is 3.72. The summed E-state index contributed by atoms with van der Waals surface area (Å²) in [5, 5.41) is 26.2. The molecule has 12 heteroatoms. The number of nitrogens with two attached hydrogens (primary N) is 1. The third kappa shape index (κ3) is 12.6. The van der Waals surface area contributed by atoms with Gasteiger partial charge in [0, 0.05) is 12.8 Å². The van der Waals surface area contributed by atoms with E-state index in [-0.39, 0.29) is 38.0 Å². The zero-order valence-corrected chi connectivity index (χ0v) is 22.3. The third-order valence-corrected chi connectivity index (χ3v) is 6.13. The number of carboxylic acids is 2. The van der Waals surface area contributed by atoms with Gasteiger partial charge in [-0.05, 0) is 42.8 Å². The molecule has 1 rings (SSSR count). The van der Waals surface area contributed by atoms with Crippen molar-refractivity contribution in [1.82, 2.24) is 16.0 Å². The summed E-state index contributed by atoms with van der Waals surface area (Å²) in [6, 6.07) is 4.54. The lowest BCUT2D eigenvalue weighted by Crippen LogP contribution is -2.57. The van der Waals surface area contributed by atoms with E-state index in [9.17, 15) is 29.1 Å². The summed E-state index contributed by atoms with van der Waals surface area (Å²) < 4.78 is 0. The van der Waals surface area contributed by atoms with Crippen LogP contribution in [0.15, 0.2) is 30.3 Å². The number of benzene rings is 1. The lowest BCUT2D eigenvalue weighted by atomic mass is 10.0. The number of thioether (sulfide) groups is 1. The Bertz CT molecular complexity index is 914. The zero-order valence-electron chi connectivity index (χ0n) is 21.4. The molecule has 11 nitrogen and oxygen atoms in total. The molecule has 0 aromatic heterocycles. The molecule has 0 bridgehead atoms. The summed E-state index contributed by atoms with van der Waals surface area (Å²) in [7, 11) is 0. The van der Waals surface area contributed by atoms with Crippen molar-refractivity contribution in [3.8, 4) is 0 Å². The second-order valence-corrected chi connectivity index (χ2v) is 10.1. The van der Waals surface area contributed by atoms with E-state index in [1.165, 1.54) is 11.8 Å². The van der Waals surface area contributed by atoms with Crippen LogP contribution in [-0.4, -0.2) is 76.0 Å². The Kier molecular flexibility index (Phi) is 14.3. The number of carboxylic acid groups (broad SMARTS) is 2. The van der Waals surface area contributed by atoms with Crippen LogP contribution in [0.5, 0.6) is 0 Å². The molecule has 1 aromatic carbocycles. The first-order valence-corrected chi connectivity index (χ1v) is 13.5. The Hall–Kier alpha value is -3.12. The maximum Gasteiger partial charge on any atom is 0.326 e. The monoisotopic (exact) mass is 538 g/mol. The highest BCUT2D eigenvalue weighted by Crippen LogP contribution is 2.10. The largest absolute Gasteiger partial charge is 0.481 e. The minimum Gasteiger partial charge on any atom is -0.481 e. The Balaban J connectivity index is 2.96. The van der Waals surface area contributed by atoms with Gasteiger partial charge in [-0.15, -0.1) is 0 Å². The predicted octanol–water partition coefficient (Wildman–Crippen LogP) is 0.759. The van der Waals surface area contributed by atoms with Crippen LogP contribution >= 0.6 is 11.8 Å². The summed E-state index contributed by atoms with van der Waals surface area (Å²) in [5.41, 5.74) is 6.51. The minimum atomic E-state index is -1.20. The van der Waals surface area contributed by atoms with Gasteiger partial charge in [0.15, 0.2) is 0 Å². The van der Waals surface area contributed by atoms with Crippen LogP contribution in [0.3, 0.4) is 0 Å². The van der Waals surface area contributed by atoms with Gasteiger partial charge in [0.05, 0.1) is 6.04 Å². The van der Waals surface area contributed by atoms with Crippen molar-refractivity contribution < 1.29 is 34.2 Å². The van der Waals surface area contributed by atoms with Crippen LogP contribution in [-0.2, 0) is 30.4 Å². The quantitative estimate of drug-likeness (QED) is 0.166. The summed E-state index contributed by atoms with van der Waals surface area (Å²) in [6.07, 6.45) is 2.03. The molecule has 0 saturated heterocycles. The molecule has 4 unspecified atom stereocenters. The number of carbonyl (C=O) groups is 5. The second kappa shape index (κ2) is 16.6. The highest BCUT2D eigenvalue weighted by molar-refractivity contribution is 7.98. The Morgan fingerprint density at radius 2 is 1.43 bits per heavy atom. The van der Waals surface area contributed by atoms with Crippen LogP contribution < -0.4 is 21.7 Å². The van der Waals surface area contributed by atoms with Crippen molar-refractivity contribution >= 4 is 41.4 Å². The van der Waals surface area contributed by atoms with Gasteiger partial charge >= 0.3 is 11.9 Å². The summed E-state index contributed by atoms with van der Waals surface area (Å²) >= 11 is 1.46. The van der Waals surface area contributed by atoms with E-state index in [2.05, 4.69) is 16.0 Å². The number of carbonyl (C=O) groups excluding carboxylic acids is 3. The van der Waals surface area contributed by atoms with Crippen LogP contribution in [0.25, 0.3) is 0 Å². The maximum absolute atomic E-state index is 13.1. The van der Waals surface area contributed by atoms with Crippen molar-refractivity contribution in [3.63, 3.8) is 0 Å². The molecule has 1 aromatic rings. The number of nitrogens with one attached hydrogen (secondary N) is 3. The molecular formula is C25H38N4O7S. The maximum atomic E-state index is 13.1. The molecule has 0 heterocycles. The van der Waals surface area contributed by atoms with Crippen molar-refractivity contribution in [2.24, 2.45) is 11.7 Å². The van der Waals surface area contributed by atoms with Crippen LogP contribution in [0, 0.1) is 5.92 Å². The average molecular weight is 539 g/mol. The fourth-order valence-electron chi connectivity index (χ4n) is 3.49. The number of hydrogen-bond donors (Lipinski definition) is 6. The lowest BCUT2D eigenvalue weighted by molar-refractivity contribution is -0.142. The number of amides is 3. The first kappa shape index (κ1) is 31.9. The first-order chi connectivity index (χ1) is 17.4. The number of aliphatic carboxylic acids is 2. The highest BCUT2D eigenvalue weighted by Gasteiger charge is 2.30. The Morgan fingerprint density at radius 3 is 1.97 bits per heavy atom. The standard InChI is InChI=1S/C25H38N4O7S/c1-15(2)13-19(24(34)29-20(25(35)36)14-16-7-5-4-6-8-16)28-23(33)18(11-12-37-3)27-22(32)17(26)9-10-21(30)31/h4-8,15,17-20H,9-14,26H2,1-3H3,(H,27,32)(H,28,33)(H,29,34)(H,30,31)(H,35,36). The molecule has 4 atom stereocenters. The van der Waals surface area contributed by atoms with Gasteiger partial charge in [-0.25, -0.2) is 4.79 Å². The fraction of sp³-hybridized carbons (Fsp3) is 0.560. The number of hydrogen-bond acceptors (Lipinski definition) is 7. The van der Waals surface area contributed by atoms with Gasteiger partial charge in [-0.3, -0.25) is 19.2 Å². The molecule has 37 heavy (non-hydrogen) atoms. The molecule has 7 N–H and O–H groups in total. The van der Waals surface area contributed by atoms with Gasteiger partial charge in [0.1, 0.15) is 18.1 Å². The van der Waals surface area contributed by atoms with Gasteiger partial charge < -0.3 is 31.9 Å². The molecule has 0 aliphatic rings. The van der Waals surface area contributed by atoms with Crippen molar-refractivity contribution in [2.45, 2.75) is 70.1 Å². The summed E-state index contributed by atoms with van der Waals surface area (Å²) in [4.78, 5) is 61.2. The van der Waals surface area contributed by atoms with E-state index < -0.39 is 53.8 Å². The molecule has 0 spiro atoms. The molecular weight excluding hydrogens is 500 g/mol. The third-order valence-electron chi connectivity index (χ3n) is 5.49. The molecule has 0 aliphatic carbocycles. The normalized spacial score (nSPS) is 14.2. The molecule has 3 amide bonds. The van der Waals surface area contributed by atoms with E-state index in [4.69, 9.17) is 10.8 Å². The summed E-state index contributed by atoms with van der Waals surface area (Å²) in [5.74, 6) is -3.68. The van der Waals surface area contributed by atoms with Crippen molar-refractivity contribution in [3.05, 3.63) is 35.9 Å². The molecule has 0 aliphatic heterocycles. The van der Waals surface area contributed by atoms with Crippen molar-refractivity contribution in [2.75, 3.05) is 12.0 Å². The smallest absolute Gasteiger partial charge is 0.326 e. The van der Waals surface area contributed by atoms with E-state index in [0.717, 1.165) is 5.56 Å². The minimum absolute atomic E-state index is 0.00266. The van der Waals surface area contributed by atoms with Gasteiger partial charge in [-0.1, -0.05) is 44.2 Å². The molecule has 0 saturated carbocycles. The SMILES string of the molecule is CSCCC(NC(=O)C(N)CCC(=O)O)C(=O)NC(CC(C)C)C(=O)NC(Cc1ccccc1)C(=O)O. The topological polar surface area (TPSA) is 188 Å². The molecule has 206 valence electrons. The van der Waals surface area contributed by atoms with Gasteiger partial charge in [0.2, 0.25) is 17.7 Å². The lowest BCUT2D eigenvalue weighted by Gasteiger charge is -2.26. The Morgan fingerprint density at radius 1 is 0.865 bits per heavy atom. The van der Waals surface area contributed by atoms with E-state index in [1.807, 2.05) is 20.1 Å². The fourth-order valence-corrected chi connectivity index (χ4v) is 3.96. The van der Waals surface area contributed by atoms with Gasteiger partial charge in [0.25, 0.3) is 0 Å². The van der Waals surface area contributed by atoms with Gasteiger partial charge in [-0.2, -0.15) is 11.8 Å². The highest BCUT2D eigenvalue weighted by atomic mass is 32.2. The van der Waals surface area contributed by atoms with Crippen LogP contribution in [0.2, 0.25) is 0 Å². The van der Waals surface area contributed by atoms with E-state index >= 15 is 0 Å². The second-order valence-electron chi connectivity index (χ2n) is 9.16. The van der Waals surface area contributed by atoms with E-state index in [0.29, 0.717) is 5.75 Å². The van der Waals surface area contributed by atoms with Crippen LogP contribution in [0.4, 0.5) is 0 Å². The molecule has 0 fully saturated rings. The van der Waals surface area contributed by atoms with E-state index in [1.54, 1.807) is 30.3 Å². The van der Waals surface area contributed by atoms with Crippen molar-refractivity contribution in [1.29, 1.82) is 0 Å². The number of rotatable bonds is 17. The van der Waals surface area contributed by atoms with Crippen LogP contribution in [0.1, 0.15) is 45.1 Å². The average Bonchev–Trinajstić information content (AvgIpc) is 2.84. The zero-order chi connectivity index (χ0) is 28.0.